The normalized spacial score (nSPS) is 13.0. The Morgan fingerprint density at radius 3 is 2.15 bits per heavy atom. The molecule has 0 saturated heterocycles. The number of nitriles is 1. The Bertz CT molecular complexity index is 923. The Morgan fingerprint density at radius 2 is 1.65 bits per heavy atom. The molecule has 2 aromatic carbocycles. The van der Waals surface area contributed by atoms with Crippen LogP contribution in [0.4, 0.5) is 0 Å². The summed E-state index contributed by atoms with van der Waals surface area (Å²) in [5.41, 5.74) is 3.39. The summed E-state index contributed by atoms with van der Waals surface area (Å²) in [4.78, 5) is 13.0. The summed E-state index contributed by atoms with van der Waals surface area (Å²) in [7, 11) is 1.82. The van der Waals surface area contributed by atoms with Crippen molar-refractivity contribution in [2.75, 3.05) is 0 Å². The van der Waals surface area contributed by atoms with Crippen LogP contribution in [0.5, 0.6) is 0 Å². The number of rotatable bonds is 6. The zero-order valence-corrected chi connectivity index (χ0v) is 15.0. The number of carbonyl (C=O) groups is 1. The molecule has 4 heteroatoms. The topological polar surface area (TPSA) is 58.7 Å². The predicted molar refractivity (Wildman–Crippen MR) is 101 cm³/mol. The third-order valence-electron chi connectivity index (χ3n) is 4.87. The van der Waals surface area contributed by atoms with Crippen LogP contribution in [0.1, 0.15) is 45.4 Å². The van der Waals surface area contributed by atoms with Crippen molar-refractivity contribution in [1.82, 2.24) is 9.78 Å². The van der Waals surface area contributed by atoms with Crippen LogP contribution in [0, 0.1) is 18.3 Å². The second-order valence-electron chi connectivity index (χ2n) is 6.43. The molecule has 0 radical (unpaired) electrons. The molecule has 3 rings (SSSR count). The zero-order chi connectivity index (χ0) is 18.5. The minimum Gasteiger partial charge on any atom is -0.294 e. The van der Waals surface area contributed by atoms with Crippen LogP contribution in [-0.4, -0.2) is 15.6 Å². The number of carbonyl (C=O) groups excluding carboxylic acids is 1. The molecule has 0 spiro atoms. The van der Waals surface area contributed by atoms with Crippen molar-refractivity contribution in [1.29, 1.82) is 5.26 Å². The number of hydrogen-bond donors (Lipinski definition) is 0. The van der Waals surface area contributed by atoms with Gasteiger partial charge in [0.05, 0.1) is 23.7 Å². The van der Waals surface area contributed by atoms with Crippen molar-refractivity contribution in [2.45, 2.75) is 25.2 Å². The fourth-order valence-corrected chi connectivity index (χ4v) is 3.27. The highest BCUT2D eigenvalue weighted by molar-refractivity contribution is 5.97. The molecule has 0 amide bonds. The summed E-state index contributed by atoms with van der Waals surface area (Å²) in [6, 6.07) is 21.9. The Kier molecular flexibility index (Phi) is 5.28. The summed E-state index contributed by atoms with van der Waals surface area (Å²) in [6.45, 7) is 1.89. The maximum Gasteiger partial charge on any atom is 0.166 e. The maximum absolute atomic E-state index is 13.0. The molecule has 0 aliphatic heterocycles. The summed E-state index contributed by atoms with van der Waals surface area (Å²) in [5.74, 6) is -0.587. The molecule has 1 heterocycles. The molecule has 4 nitrogen and oxygen atoms in total. The van der Waals surface area contributed by atoms with Gasteiger partial charge in [0.2, 0.25) is 0 Å². The lowest BCUT2D eigenvalue weighted by molar-refractivity contribution is 0.0971. The highest BCUT2D eigenvalue weighted by Crippen LogP contribution is 2.36. The molecule has 0 fully saturated rings. The molecule has 3 aromatic rings. The van der Waals surface area contributed by atoms with E-state index in [0.29, 0.717) is 5.56 Å². The first-order valence-corrected chi connectivity index (χ1v) is 8.63. The van der Waals surface area contributed by atoms with Gasteiger partial charge >= 0.3 is 0 Å². The van der Waals surface area contributed by atoms with E-state index < -0.39 is 0 Å². The number of aromatic nitrogens is 2. The smallest absolute Gasteiger partial charge is 0.166 e. The second kappa shape index (κ2) is 7.79. The molecule has 0 bridgehead atoms. The first-order valence-electron chi connectivity index (χ1n) is 8.63. The van der Waals surface area contributed by atoms with Crippen molar-refractivity contribution in [2.24, 2.45) is 7.05 Å². The molecule has 1 aromatic heterocycles. The number of hydrogen-bond acceptors (Lipinski definition) is 3. The molecular weight excluding hydrogens is 322 g/mol. The van der Waals surface area contributed by atoms with E-state index in [1.165, 1.54) is 0 Å². The summed E-state index contributed by atoms with van der Waals surface area (Å²) in [6.07, 6.45) is 1.88. The van der Waals surface area contributed by atoms with Gasteiger partial charge in [0.15, 0.2) is 5.78 Å². The molecule has 26 heavy (non-hydrogen) atoms. The quantitative estimate of drug-likeness (QED) is 0.624. The van der Waals surface area contributed by atoms with Crippen LogP contribution >= 0.6 is 0 Å². The summed E-state index contributed by atoms with van der Waals surface area (Å²) in [5, 5.41) is 14.0. The fraction of sp³-hybridized carbons (Fsp3) is 0.227. The van der Waals surface area contributed by atoms with Gasteiger partial charge in [-0.1, -0.05) is 60.7 Å². The zero-order valence-electron chi connectivity index (χ0n) is 15.0. The van der Waals surface area contributed by atoms with Crippen molar-refractivity contribution >= 4 is 5.78 Å². The largest absolute Gasteiger partial charge is 0.294 e. The number of Topliss-reactive ketones (excluding diaryl/α,β-unsaturated/α-hetero) is 1. The van der Waals surface area contributed by atoms with Crippen molar-refractivity contribution in [3.05, 3.63) is 89.2 Å². The number of benzene rings is 2. The van der Waals surface area contributed by atoms with Gasteiger partial charge < -0.3 is 0 Å². The van der Waals surface area contributed by atoms with Gasteiger partial charge in [0, 0.05) is 25.1 Å². The third kappa shape index (κ3) is 3.57. The summed E-state index contributed by atoms with van der Waals surface area (Å²) >= 11 is 0. The van der Waals surface area contributed by atoms with Gasteiger partial charge in [-0.2, -0.15) is 10.4 Å². The standard InChI is InChI=1S/C22H21N3O/c1-16-21(15-24-25(16)2)22(26)13-19(17-9-5-3-6-10-17)20(14-23)18-11-7-4-8-12-18/h3-12,15,19-20H,13H2,1-2H3/t19-,20-/m0/s1. The van der Waals surface area contributed by atoms with Crippen LogP contribution in [0.3, 0.4) is 0 Å². The second-order valence-corrected chi connectivity index (χ2v) is 6.43. The lowest BCUT2D eigenvalue weighted by atomic mass is 9.78. The number of nitrogens with zero attached hydrogens (tertiary/aromatic N) is 3. The van der Waals surface area contributed by atoms with E-state index in [1.807, 2.05) is 74.6 Å². The molecular formula is C22H21N3O. The average molecular weight is 343 g/mol. The van der Waals surface area contributed by atoms with Crippen molar-refractivity contribution in [3.63, 3.8) is 0 Å². The SMILES string of the molecule is Cc1c(C(=O)C[C@@H](c2ccccc2)[C@@H](C#N)c2ccccc2)cnn1C. The third-order valence-corrected chi connectivity index (χ3v) is 4.87. The monoisotopic (exact) mass is 343 g/mol. The van der Waals surface area contributed by atoms with E-state index in [9.17, 15) is 10.1 Å². The average Bonchev–Trinajstić information content (AvgIpc) is 3.02. The van der Waals surface area contributed by atoms with Crippen LogP contribution < -0.4 is 0 Å². The van der Waals surface area contributed by atoms with Crippen LogP contribution in [0.2, 0.25) is 0 Å². The van der Waals surface area contributed by atoms with Crippen molar-refractivity contribution in [3.8, 4) is 6.07 Å². The summed E-state index contributed by atoms with van der Waals surface area (Å²) < 4.78 is 1.70. The minimum atomic E-state index is -0.389. The van der Waals surface area contributed by atoms with E-state index in [0.717, 1.165) is 16.8 Å². The van der Waals surface area contributed by atoms with Gasteiger partial charge in [-0.15, -0.1) is 0 Å². The number of aryl methyl sites for hydroxylation is 1. The van der Waals surface area contributed by atoms with Crippen molar-refractivity contribution < 1.29 is 4.79 Å². The maximum atomic E-state index is 13.0. The highest BCUT2D eigenvalue weighted by atomic mass is 16.1. The van der Waals surface area contributed by atoms with Gasteiger partial charge in [0.25, 0.3) is 0 Å². The first-order chi connectivity index (χ1) is 12.6. The van der Waals surface area contributed by atoms with E-state index in [1.54, 1.807) is 10.9 Å². The molecule has 2 atom stereocenters. The highest BCUT2D eigenvalue weighted by Gasteiger charge is 2.28. The van der Waals surface area contributed by atoms with Gasteiger partial charge in [-0.05, 0) is 18.1 Å². The fourth-order valence-electron chi connectivity index (χ4n) is 3.27. The predicted octanol–water partition coefficient (Wildman–Crippen LogP) is 4.39. The van der Waals surface area contributed by atoms with E-state index in [4.69, 9.17) is 0 Å². The molecule has 130 valence electrons. The van der Waals surface area contributed by atoms with Gasteiger partial charge in [-0.25, -0.2) is 0 Å². The van der Waals surface area contributed by atoms with E-state index in [2.05, 4.69) is 11.2 Å². The Morgan fingerprint density at radius 1 is 1.08 bits per heavy atom. The molecule has 0 unspecified atom stereocenters. The molecule has 0 aliphatic carbocycles. The Labute approximate surface area is 153 Å². The molecule has 0 N–H and O–H groups in total. The molecule has 0 saturated carbocycles. The van der Waals surface area contributed by atoms with Crippen LogP contribution in [0.15, 0.2) is 66.9 Å². The lowest BCUT2D eigenvalue weighted by Crippen LogP contribution is -2.15. The Hall–Kier alpha value is -3.19. The number of ketones is 1. The first kappa shape index (κ1) is 17.6. The van der Waals surface area contributed by atoms with E-state index in [-0.39, 0.29) is 24.0 Å². The molecule has 0 aliphatic rings. The lowest BCUT2D eigenvalue weighted by Gasteiger charge is -2.22. The van der Waals surface area contributed by atoms with Crippen LogP contribution in [0.25, 0.3) is 0 Å². The Balaban J connectivity index is 1.98. The van der Waals surface area contributed by atoms with E-state index >= 15 is 0 Å². The van der Waals surface area contributed by atoms with Gasteiger partial charge in [0.1, 0.15) is 0 Å². The minimum absolute atomic E-state index is 0.0145. The van der Waals surface area contributed by atoms with Crippen LogP contribution in [-0.2, 0) is 7.05 Å². The van der Waals surface area contributed by atoms with Gasteiger partial charge in [-0.3, -0.25) is 9.48 Å².